The largest absolute Gasteiger partial charge is 0.474 e. The van der Waals surface area contributed by atoms with Gasteiger partial charge in [-0.1, -0.05) is 60.2 Å². The van der Waals surface area contributed by atoms with Crippen LogP contribution in [-0.4, -0.2) is 17.1 Å². The van der Waals surface area contributed by atoms with E-state index in [2.05, 4.69) is 60.2 Å². The van der Waals surface area contributed by atoms with Crippen molar-refractivity contribution in [2.24, 2.45) is 4.99 Å². The second-order valence-electron chi connectivity index (χ2n) is 6.18. The van der Waals surface area contributed by atoms with Crippen molar-refractivity contribution in [1.29, 1.82) is 0 Å². The lowest BCUT2D eigenvalue weighted by molar-refractivity contribution is 0.318. The second kappa shape index (κ2) is 6.36. The van der Waals surface area contributed by atoms with E-state index in [0.717, 1.165) is 18.1 Å². The molecule has 2 aromatic carbocycles. The molecular formula is C21H20N2O. The Morgan fingerprint density at radius 2 is 1.92 bits per heavy atom. The fraction of sp³-hybridized carbons (Fsp3) is 0.190. The quantitative estimate of drug-likeness (QED) is 0.702. The van der Waals surface area contributed by atoms with E-state index in [4.69, 9.17) is 9.73 Å². The summed E-state index contributed by atoms with van der Waals surface area (Å²) >= 11 is 0. The molecule has 3 aromatic rings. The molecule has 4 rings (SSSR count). The van der Waals surface area contributed by atoms with Gasteiger partial charge >= 0.3 is 0 Å². The number of hydrogen-bond donors (Lipinski definition) is 0. The molecule has 0 saturated carbocycles. The van der Waals surface area contributed by atoms with Crippen molar-refractivity contribution in [3.63, 3.8) is 0 Å². The first kappa shape index (κ1) is 14.8. The molecule has 24 heavy (non-hydrogen) atoms. The molecule has 1 aliphatic heterocycles. The van der Waals surface area contributed by atoms with Crippen molar-refractivity contribution in [3.05, 3.63) is 95.3 Å². The Hall–Kier alpha value is -2.81. The molecule has 1 aliphatic rings. The summed E-state index contributed by atoms with van der Waals surface area (Å²) < 4.78 is 8.09. The van der Waals surface area contributed by atoms with Crippen molar-refractivity contribution < 1.29 is 4.74 Å². The molecule has 0 fully saturated rings. The van der Waals surface area contributed by atoms with E-state index in [1.807, 2.05) is 24.3 Å². The highest BCUT2D eigenvalue weighted by atomic mass is 16.5. The highest BCUT2D eigenvalue weighted by Gasteiger charge is 2.23. The molecule has 3 nitrogen and oxygen atoms in total. The topological polar surface area (TPSA) is 26.5 Å². The van der Waals surface area contributed by atoms with Crippen LogP contribution in [0.15, 0.2) is 77.9 Å². The van der Waals surface area contributed by atoms with Crippen molar-refractivity contribution in [2.75, 3.05) is 6.61 Å². The number of rotatable bonds is 4. The predicted molar refractivity (Wildman–Crippen MR) is 96.4 cm³/mol. The number of aliphatic imine (C=N–C) groups is 1. The van der Waals surface area contributed by atoms with Gasteiger partial charge in [0.1, 0.15) is 18.3 Å². The van der Waals surface area contributed by atoms with Gasteiger partial charge in [0.05, 0.1) is 0 Å². The zero-order valence-corrected chi connectivity index (χ0v) is 13.7. The average molecular weight is 316 g/mol. The number of aromatic nitrogens is 1. The zero-order chi connectivity index (χ0) is 16.4. The Labute approximate surface area is 142 Å². The summed E-state index contributed by atoms with van der Waals surface area (Å²) in [7, 11) is 0. The lowest BCUT2D eigenvalue weighted by atomic mass is 10.1. The normalized spacial score (nSPS) is 16.7. The van der Waals surface area contributed by atoms with Gasteiger partial charge in [-0.3, -0.25) is 0 Å². The average Bonchev–Trinajstić information content (AvgIpc) is 3.25. The van der Waals surface area contributed by atoms with E-state index in [0.29, 0.717) is 6.61 Å². The maximum absolute atomic E-state index is 5.90. The van der Waals surface area contributed by atoms with Gasteiger partial charge in [-0.25, -0.2) is 4.99 Å². The summed E-state index contributed by atoms with van der Waals surface area (Å²) in [6.07, 6.45) is 2.08. The van der Waals surface area contributed by atoms with E-state index in [1.54, 1.807) is 0 Å². The van der Waals surface area contributed by atoms with Crippen LogP contribution in [0.5, 0.6) is 0 Å². The highest BCUT2D eigenvalue weighted by Crippen LogP contribution is 2.25. The molecule has 1 atom stereocenters. The van der Waals surface area contributed by atoms with Crippen LogP contribution in [0.4, 0.5) is 0 Å². The molecule has 0 aliphatic carbocycles. The number of aryl methyl sites for hydroxylation is 1. The molecular weight excluding hydrogens is 296 g/mol. The minimum absolute atomic E-state index is 0.0866. The van der Waals surface area contributed by atoms with E-state index >= 15 is 0 Å². The van der Waals surface area contributed by atoms with Gasteiger partial charge in [-0.05, 0) is 30.2 Å². The van der Waals surface area contributed by atoms with Gasteiger partial charge in [-0.15, -0.1) is 0 Å². The lowest BCUT2D eigenvalue weighted by Crippen LogP contribution is -2.10. The van der Waals surface area contributed by atoms with Gasteiger partial charge in [-0.2, -0.15) is 0 Å². The molecule has 0 spiro atoms. The summed E-state index contributed by atoms with van der Waals surface area (Å²) in [4.78, 5) is 4.79. The number of ether oxygens (including phenoxy) is 1. The molecule has 0 unspecified atom stereocenters. The van der Waals surface area contributed by atoms with E-state index in [9.17, 15) is 0 Å². The Balaban J connectivity index is 1.59. The van der Waals surface area contributed by atoms with Crippen LogP contribution in [0.3, 0.4) is 0 Å². The molecule has 0 radical (unpaired) electrons. The van der Waals surface area contributed by atoms with Crippen molar-refractivity contribution in [2.45, 2.75) is 19.5 Å². The molecule has 0 saturated heterocycles. The highest BCUT2D eigenvalue weighted by molar-refractivity contribution is 5.93. The van der Waals surface area contributed by atoms with E-state index < -0.39 is 0 Å². The third-order valence-electron chi connectivity index (χ3n) is 4.32. The molecule has 0 amide bonds. The first-order valence-corrected chi connectivity index (χ1v) is 8.26. The first-order valence-electron chi connectivity index (χ1n) is 8.26. The summed E-state index contributed by atoms with van der Waals surface area (Å²) in [5, 5.41) is 0. The number of nitrogens with zero attached hydrogens (tertiary/aromatic N) is 2. The molecule has 0 N–H and O–H groups in total. The van der Waals surface area contributed by atoms with E-state index in [1.165, 1.54) is 16.7 Å². The van der Waals surface area contributed by atoms with Crippen LogP contribution in [0.25, 0.3) is 0 Å². The van der Waals surface area contributed by atoms with Gasteiger partial charge < -0.3 is 9.30 Å². The van der Waals surface area contributed by atoms with Crippen LogP contribution in [0, 0.1) is 6.92 Å². The van der Waals surface area contributed by atoms with Gasteiger partial charge in [0, 0.05) is 12.7 Å². The van der Waals surface area contributed by atoms with E-state index in [-0.39, 0.29) is 6.04 Å². The van der Waals surface area contributed by atoms with Crippen LogP contribution < -0.4 is 0 Å². The Morgan fingerprint density at radius 1 is 1.04 bits per heavy atom. The summed E-state index contributed by atoms with van der Waals surface area (Å²) in [6, 6.07) is 23.1. The third kappa shape index (κ3) is 2.98. The van der Waals surface area contributed by atoms with Crippen LogP contribution >= 0.6 is 0 Å². The molecule has 1 aromatic heterocycles. The lowest BCUT2D eigenvalue weighted by Gasteiger charge is -2.09. The maximum Gasteiger partial charge on any atom is 0.234 e. The Kier molecular flexibility index (Phi) is 3.91. The monoisotopic (exact) mass is 316 g/mol. The van der Waals surface area contributed by atoms with Gasteiger partial charge in [0.15, 0.2) is 0 Å². The summed E-state index contributed by atoms with van der Waals surface area (Å²) in [5.74, 6) is 0.738. The Morgan fingerprint density at radius 3 is 2.75 bits per heavy atom. The minimum atomic E-state index is 0.0866. The van der Waals surface area contributed by atoms with Crippen molar-refractivity contribution in [1.82, 2.24) is 4.57 Å². The van der Waals surface area contributed by atoms with Crippen molar-refractivity contribution >= 4 is 5.90 Å². The molecule has 0 bridgehead atoms. The molecule has 120 valence electrons. The minimum Gasteiger partial charge on any atom is -0.474 e. The Bertz CT molecular complexity index is 864. The van der Waals surface area contributed by atoms with Gasteiger partial charge in [0.2, 0.25) is 5.90 Å². The maximum atomic E-state index is 5.90. The standard InChI is InChI=1S/C21H20N2O/c1-16-7-5-8-17(13-16)14-23-12-6-11-20(23)21-22-19(15-24-21)18-9-3-2-4-10-18/h2-13,19H,14-15H2,1H3/t19-/m0/s1. The van der Waals surface area contributed by atoms with Crippen molar-refractivity contribution in [3.8, 4) is 0 Å². The van der Waals surface area contributed by atoms with Crippen LogP contribution in [0.1, 0.15) is 28.4 Å². The predicted octanol–water partition coefficient (Wildman–Crippen LogP) is 4.36. The van der Waals surface area contributed by atoms with Crippen LogP contribution in [0.2, 0.25) is 0 Å². The first-order chi connectivity index (χ1) is 11.8. The smallest absolute Gasteiger partial charge is 0.234 e. The SMILES string of the molecule is Cc1cccc(Cn2cccc2C2=N[C@H](c3ccccc3)CO2)c1. The fourth-order valence-electron chi connectivity index (χ4n) is 3.11. The summed E-state index contributed by atoms with van der Waals surface area (Å²) in [5.41, 5.74) is 4.80. The zero-order valence-electron chi connectivity index (χ0n) is 13.7. The summed E-state index contributed by atoms with van der Waals surface area (Å²) in [6.45, 7) is 3.55. The fourth-order valence-corrected chi connectivity index (χ4v) is 3.11. The molecule has 3 heteroatoms. The molecule has 2 heterocycles. The number of hydrogen-bond acceptors (Lipinski definition) is 2. The second-order valence-corrected chi connectivity index (χ2v) is 6.18. The number of benzene rings is 2. The van der Waals surface area contributed by atoms with Crippen LogP contribution in [-0.2, 0) is 11.3 Å². The van der Waals surface area contributed by atoms with Gasteiger partial charge in [0.25, 0.3) is 0 Å². The third-order valence-corrected chi connectivity index (χ3v) is 4.32.